The van der Waals surface area contributed by atoms with Crippen LogP contribution in [0, 0.1) is 0 Å². The molecule has 0 aromatic rings. The van der Waals surface area contributed by atoms with Gasteiger partial charge in [-0.15, -0.1) is 0 Å². The molecule has 0 aliphatic carbocycles. The molecule has 1 atom stereocenters. The molecule has 0 radical (unpaired) electrons. The highest BCUT2D eigenvalue weighted by Crippen LogP contribution is 2.10. The summed E-state index contributed by atoms with van der Waals surface area (Å²) >= 11 is 0. The number of nitrogens with one attached hydrogen (secondary N) is 1. The fourth-order valence-corrected chi connectivity index (χ4v) is 1.52. The summed E-state index contributed by atoms with van der Waals surface area (Å²) in [5, 5.41) is 3.52. The number of rotatable bonds is 2. The Labute approximate surface area is 57.8 Å². The Morgan fingerprint density at radius 1 is 1.44 bits per heavy atom. The van der Waals surface area contributed by atoms with Crippen LogP contribution < -0.4 is 5.32 Å². The summed E-state index contributed by atoms with van der Waals surface area (Å²) in [6, 6.07) is 0.851. The summed E-state index contributed by atoms with van der Waals surface area (Å²) in [4.78, 5) is 0. The van der Waals surface area contributed by atoms with Gasteiger partial charge >= 0.3 is 0 Å². The van der Waals surface area contributed by atoms with Crippen molar-refractivity contribution in [3.8, 4) is 0 Å². The molecule has 54 valence electrons. The highest BCUT2D eigenvalue weighted by molar-refractivity contribution is 4.70. The second-order valence-corrected chi connectivity index (χ2v) is 2.94. The van der Waals surface area contributed by atoms with Crippen LogP contribution in [0.1, 0.15) is 39.0 Å². The fraction of sp³-hybridized carbons (Fsp3) is 1.00. The summed E-state index contributed by atoms with van der Waals surface area (Å²) in [6.07, 6.45) is 6.95. The zero-order valence-corrected chi connectivity index (χ0v) is 6.32. The lowest BCUT2D eigenvalue weighted by Gasteiger charge is -2.22. The Balaban J connectivity index is 2.08. The highest BCUT2D eigenvalue weighted by Gasteiger charge is 2.09. The summed E-state index contributed by atoms with van der Waals surface area (Å²) in [5.41, 5.74) is 0. The van der Waals surface area contributed by atoms with Crippen molar-refractivity contribution in [2.75, 3.05) is 6.54 Å². The van der Waals surface area contributed by atoms with Gasteiger partial charge in [-0.3, -0.25) is 0 Å². The molecule has 1 heteroatoms. The summed E-state index contributed by atoms with van der Waals surface area (Å²) < 4.78 is 0. The van der Waals surface area contributed by atoms with Gasteiger partial charge in [0.15, 0.2) is 0 Å². The first-order valence-electron chi connectivity index (χ1n) is 4.17. The predicted octanol–water partition coefficient (Wildman–Crippen LogP) is 1.93. The second-order valence-electron chi connectivity index (χ2n) is 2.94. The van der Waals surface area contributed by atoms with Gasteiger partial charge in [0.25, 0.3) is 0 Å². The molecule has 1 heterocycles. The van der Waals surface area contributed by atoms with E-state index in [1.807, 2.05) is 0 Å². The smallest absolute Gasteiger partial charge is 0.00669 e. The quantitative estimate of drug-likeness (QED) is 0.597. The van der Waals surface area contributed by atoms with Crippen molar-refractivity contribution >= 4 is 0 Å². The lowest BCUT2D eigenvalue weighted by atomic mass is 10.0. The molecule has 0 amide bonds. The molecule has 0 aromatic heterocycles. The van der Waals surface area contributed by atoms with Gasteiger partial charge in [-0.1, -0.05) is 19.8 Å². The minimum absolute atomic E-state index is 0.851. The highest BCUT2D eigenvalue weighted by atomic mass is 14.9. The Morgan fingerprint density at radius 3 is 2.89 bits per heavy atom. The van der Waals surface area contributed by atoms with Crippen molar-refractivity contribution < 1.29 is 0 Å². The molecule has 1 N–H and O–H groups in total. The van der Waals surface area contributed by atoms with Crippen LogP contribution in [0.15, 0.2) is 0 Å². The van der Waals surface area contributed by atoms with Gasteiger partial charge in [-0.05, 0) is 25.8 Å². The maximum Gasteiger partial charge on any atom is 0.00669 e. The number of hydrogen-bond acceptors (Lipinski definition) is 1. The normalized spacial score (nSPS) is 28.3. The Bertz CT molecular complexity index is 62.2. The van der Waals surface area contributed by atoms with Gasteiger partial charge in [-0.25, -0.2) is 0 Å². The van der Waals surface area contributed by atoms with E-state index in [-0.39, 0.29) is 0 Å². The van der Waals surface area contributed by atoms with E-state index in [2.05, 4.69) is 12.2 Å². The van der Waals surface area contributed by atoms with Crippen LogP contribution in [0.5, 0.6) is 0 Å². The van der Waals surface area contributed by atoms with Crippen molar-refractivity contribution in [2.45, 2.75) is 45.1 Å². The van der Waals surface area contributed by atoms with Gasteiger partial charge in [0.1, 0.15) is 0 Å². The third-order valence-corrected chi connectivity index (χ3v) is 2.05. The Hall–Kier alpha value is -0.0400. The van der Waals surface area contributed by atoms with Crippen LogP contribution >= 0.6 is 0 Å². The molecule has 0 saturated carbocycles. The Morgan fingerprint density at radius 2 is 2.33 bits per heavy atom. The molecule has 1 aliphatic rings. The molecule has 1 rings (SSSR count). The zero-order chi connectivity index (χ0) is 6.53. The van der Waals surface area contributed by atoms with E-state index >= 15 is 0 Å². The van der Waals surface area contributed by atoms with E-state index in [9.17, 15) is 0 Å². The SMILES string of the molecule is CCC[C@H]1CCCCN1. The van der Waals surface area contributed by atoms with Crippen LogP contribution in [0.25, 0.3) is 0 Å². The molecule has 0 unspecified atom stereocenters. The molecular weight excluding hydrogens is 110 g/mol. The third-order valence-electron chi connectivity index (χ3n) is 2.05. The summed E-state index contributed by atoms with van der Waals surface area (Å²) in [7, 11) is 0. The van der Waals surface area contributed by atoms with Crippen molar-refractivity contribution in [1.29, 1.82) is 0 Å². The molecule has 0 spiro atoms. The largest absolute Gasteiger partial charge is 0.314 e. The van der Waals surface area contributed by atoms with Crippen molar-refractivity contribution in [1.82, 2.24) is 5.32 Å². The minimum atomic E-state index is 0.851. The van der Waals surface area contributed by atoms with E-state index in [4.69, 9.17) is 0 Å². The van der Waals surface area contributed by atoms with Crippen LogP contribution in [-0.2, 0) is 0 Å². The average molecular weight is 127 g/mol. The maximum absolute atomic E-state index is 3.52. The predicted molar refractivity (Wildman–Crippen MR) is 40.5 cm³/mol. The topological polar surface area (TPSA) is 12.0 Å². The number of hydrogen-bond donors (Lipinski definition) is 1. The first kappa shape index (κ1) is 7.07. The van der Waals surface area contributed by atoms with E-state index in [1.54, 1.807) is 0 Å². The van der Waals surface area contributed by atoms with E-state index in [1.165, 1.54) is 38.6 Å². The molecule has 9 heavy (non-hydrogen) atoms. The van der Waals surface area contributed by atoms with Gasteiger partial charge in [0.2, 0.25) is 0 Å². The molecule has 1 nitrogen and oxygen atoms in total. The van der Waals surface area contributed by atoms with Gasteiger partial charge < -0.3 is 5.32 Å². The van der Waals surface area contributed by atoms with Crippen molar-refractivity contribution in [3.05, 3.63) is 0 Å². The van der Waals surface area contributed by atoms with E-state index < -0.39 is 0 Å². The first-order chi connectivity index (χ1) is 4.43. The van der Waals surface area contributed by atoms with Crippen molar-refractivity contribution in [2.24, 2.45) is 0 Å². The fourth-order valence-electron chi connectivity index (χ4n) is 1.52. The van der Waals surface area contributed by atoms with Crippen LogP contribution in [0.3, 0.4) is 0 Å². The molecule has 0 bridgehead atoms. The average Bonchev–Trinajstić information content (AvgIpc) is 1.91. The minimum Gasteiger partial charge on any atom is -0.314 e. The van der Waals surface area contributed by atoms with E-state index in [0.29, 0.717) is 0 Å². The molecular formula is C8H17N. The zero-order valence-electron chi connectivity index (χ0n) is 6.32. The molecule has 1 saturated heterocycles. The number of piperidine rings is 1. The van der Waals surface area contributed by atoms with Gasteiger partial charge in [0, 0.05) is 6.04 Å². The molecule has 1 fully saturated rings. The van der Waals surface area contributed by atoms with Crippen LogP contribution in [0.2, 0.25) is 0 Å². The lowest BCUT2D eigenvalue weighted by molar-refractivity contribution is 0.380. The summed E-state index contributed by atoms with van der Waals surface area (Å²) in [6.45, 7) is 3.51. The molecule has 0 aromatic carbocycles. The van der Waals surface area contributed by atoms with Crippen LogP contribution in [-0.4, -0.2) is 12.6 Å². The monoisotopic (exact) mass is 127 g/mol. The molecule has 1 aliphatic heterocycles. The standard InChI is InChI=1S/C8H17N/c1-2-5-8-6-3-4-7-9-8/h8-9H,2-7H2,1H3/t8-/m0/s1. The van der Waals surface area contributed by atoms with Gasteiger partial charge in [-0.2, -0.15) is 0 Å². The lowest BCUT2D eigenvalue weighted by Crippen LogP contribution is -2.33. The Kier molecular flexibility index (Phi) is 3.05. The first-order valence-corrected chi connectivity index (χ1v) is 4.17. The third kappa shape index (κ3) is 2.35. The van der Waals surface area contributed by atoms with Gasteiger partial charge in [0.05, 0.1) is 0 Å². The van der Waals surface area contributed by atoms with E-state index in [0.717, 1.165) is 6.04 Å². The van der Waals surface area contributed by atoms with Crippen LogP contribution in [0.4, 0.5) is 0 Å². The summed E-state index contributed by atoms with van der Waals surface area (Å²) in [5.74, 6) is 0. The maximum atomic E-state index is 3.52. The second kappa shape index (κ2) is 3.89. The van der Waals surface area contributed by atoms with Crippen molar-refractivity contribution in [3.63, 3.8) is 0 Å².